The molecule has 0 spiro atoms. The quantitative estimate of drug-likeness (QED) is 0.794. The second-order valence-electron chi connectivity index (χ2n) is 7.89. The lowest BCUT2D eigenvalue weighted by Gasteiger charge is -2.39. The number of benzene rings is 1. The zero-order chi connectivity index (χ0) is 20.4. The Morgan fingerprint density at radius 1 is 1.41 bits per heavy atom. The second kappa shape index (κ2) is 8.44. The van der Waals surface area contributed by atoms with Gasteiger partial charge in [-0.05, 0) is 44.9 Å². The number of nitrogens with zero attached hydrogens (tertiary/aromatic N) is 2. The van der Waals surface area contributed by atoms with E-state index in [0.29, 0.717) is 6.42 Å². The molecular weight excluding hydrogens is 373 g/mol. The molecule has 2 atom stereocenters. The van der Waals surface area contributed by atoms with Crippen molar-refractivity contribution >= 4 is 23.6 Å². The summed E-state index contributed by atoms with van der Waals surface area (Å²) in [6, 6.07) is 3.98. The number of carbonyl (C=O) groups is 2. The molecule has 2 amide bonds. The highest BCUT2D eigenvalue weighted by molar-refractivity contribution is 6.30. The number of likely N-dealkylation sites (tertiary alicyclic amines) is 1. The van der Waals surface area contributed by atoms with Crippen LogP contribution in [0.3, 0.4) is 0 Å². The average molecular weight is 400 g/mol. The van der Waals surface area contributed by atoms with Crippen LogP contribution in [-0.4, -0.2) is 58.6 Å². The third-order valence-corrected chi connectivity index (χ3v) is 5.17. The fraction of sp³-hybridized carbons (Fsp3) is 0.579. The Hall–Kier alpha value is -1.86. The molecule has 1 aliphatic rings. The van der Waals surface area contributed by atoms with E-state index in [0.717, 1.165) is 12.1 Å². The predicted octanol–water partition coefficient (Wildman–Crippen LogP) is 3.51. The van der Waals surface area contributed by atoms with Crippen molar-refractivity contribution in [2.75, 3.05) is 20.1 Å². The van der Waals surface area contributed by atoms with E-state index in [4.69, 9.17) is 16.7 Å². The number of aliphatic carboxylic acids is 1. The lowest BCUT2D eigenvalue weighted by atomic mass is 9.96. The summed E-state index contributed by atoms with van der Waals surface area (Å²) in [7, 11) is 1.56. The van der Waals surface area contributed by atoms with E-state index in [-0.39, 0.29) is 41.6 Å². The van der Waals surface area contributed by atoms with Gasteiger partial charge in [0.05, 0.1) is 23.5 Å². The van der Waals surface area contributed by atoms with E-state index >= 15 is 0 Å². The molecule has 1 aliphatic heterocycles. The highest BCUT2D eigenvalue weighted by atomic mass is 35.5. The van der Waals surface area contributed by atoms with Crippen LogP contribution in [0.4, 0.5) is 9.18 Å². The van der Waals surface area contributed by atoms with Gasteiger partial charge in [0.1, 0.15) is 5.82 Å². The van der Waals surface area contributed by atoms with Crippen molar-refractivity contribution in [3.8, 4) is 0 Å². The lowest BCUT2D eigenvalue weighted by Crippen LogP contribution is -2.48. The maximum atomic E-state index is 14.0. The highest BCUT2D eigenvalue weighted by Crippen LogP contribution is 2.38. The summed E-state index contributed by atoms with van der Waals surface area (Å²) in [5.74, 6) is -1.44. The van der Waals surface area contributed by atoms with E-state index in [2.05, 4.69) is 31.0 Å². The fourth-order valence-corrected chi connectivity index (χ4v) is 3.56. The predicted molar refractivity (Wildman–Crippen MR) is 102 cm³/mol. The maximum absolute atomic E-state index is 14.0. The highest BCUT2D eigenvalue weighted by Gasteiger charge is 2.41. The standard InChI is InChI=1S/C19H27ClFN3O3/c1-19(2,3)24-10-7-15(22-18(27)23(4)9-8-16(25)26)17(24)12-5-6-13(20)14(21)11-12/h5-6,11,15,17H,7-10H2,1-4H3,(H,22,27)(H,25,26). The molecule has 27 heavy (non-hydrogen) atoms. The molecule has 1 heterocycles. The van der Waals surface area contributed by atoms with E-state index in [1.165, 1.54) is 17.0 Å². The third kappa shape index (κ3) is 5.32. The van der Waals surface area contributed by atoms with Crippen LogP contribution < -0.4 is 5.32 Å². The first-order valence-corrected chi connectivity index (χ1v) is 9.33. The van der Waals surface area contributed by atoms with Crippen LogP contribution in [0, 0.1) is 5.82 Å². The monoisotopic (exact) mass is 399 g/mol. The second-order valence-corrected chi connectivity index (χ2v) is 8.30. The molecular formula is C19H27ClFN3O3. The van der Waals surface area contributed by atoms with E-state index < -0.39 is 11.8 Å². The van der Waals surface area contributed by atoms with E-state index in [1.807, 2.05) is 0 Å². The Bertz CT molecular complexity index is 708. The van der Waals surface area contributed by atoms with Gasteiger partial charge in [0, 0.05) is 25.7 Å². The van der Waals surface area contributed by atoms with Gasteiger partial charge >= 0.3 is 12.0 Å². The van der Waals surface area contributed by atoms with Crippen molar-refractivity contribution in [3.05, 3.63) is 34.6 Å². The summed E-state index contributed by atoms with van der Waals surface area (Å²) in [6.45, 7) is 7.11. The Morgan fingerprint density at radius 2 is 2.07 bits per heavy atom. The summed E-state index contributed by atoms with van der Waals surface area (Å²) in [5.41, 5.74) is 0.581. The van der Waals surface area contributed by atoms with Gasteiger partial charge in [-0.3, -0.25) is 9.69 Å². The van der Waals surface area contributed by atoms with Crippen LogP contribution in [0.5, 0.6) is 0 Å². The largest absolute Gasteiger partial charge is 0.481 e. The minimum absolute atomic E-state index is 0.0630. The maximum Gasteiger partial charge on any atom is 0.317 e. The van der Waals surface area contributed by atoms with Crippen LogP contribution in [0.2, 0.25) is 5.02 Å². The van der Waals surface area contributed by atoms with Gasteiger partial charge in [-0.15, -0.1) is 0 Å². The molecule has 1 aromatic rings. The molecule has 2 rings (SSSR count). The summed E-state index contributed by atoms with van der Waals surface area (Å²) < 4.78 is 14.0. The molecule has 0 aromatic heterocycles. The fourth-order valence-electron chi connectivity index (χ4n) is 3.44. The van der Waals surface area contributed by atoms with Gasteiger partial charge < -0.3 is 15.3 Å². The number of amides is 2. The summed E-state index contributed by atoms with van der Waals surface area (Å²) in [6.07, 6.45) is 0.596. The SMILES string of the molecule is CN(CCC(=O)O)C(=O)NC1CCN(C(C)(C)C)C1c1ccc(Cl)c(F)c1. The number of hydrogen-bond donors (Lipinski definition) is 2. The van der Waals surface area contributed by atoms with Gasteiger partial charge in [-0.1, -0.05) is 17.7 Å². The first-order valence-electron chi connectivity index (χ1n) is 8.96. The minimum atomic E-state index is -0.955. The molecule has 1 aromatic carbocycles. The Balaban J connectivity index is 2.22. The number of hydrogen-bond acceptors (Lipinski definition) is 3. The molecule has 6 nitrogen and oxygen atoms in total. The lowest BCUT2D eigenvalue weighted by molar-refractivity contribution is -0.137. The Morgan fingerprint density at radius 3 is 2.63 bits per heavy atom. The zero-order valence-corrected chi connectivity index (χ0v) is 16.9. The van der Waals surface area contributed by atoms with Gasteiger partial charge in [0.15, 0.2) is 0 Å². The number of nitrogens with one attached hydrogen (secondary N) is 1. The Labute approximate surface area is 164 Å². The average Bonchev–Trinajstić information content (AvgIpc) is 2.98. The van der Waals surface area contributed by atoms with Crippen LogP contribution >= 0.6 is 11.6 Å². The number of urea groups is 1. The summed E-state index contributed by atoms with van der Waals surface area (Å²) in [4.78, 5) is 26.8. The van der Waals surface area contributed by atoms with Crippen LogP contribution in [0.1, 0.15) is 45.2 Å². The van der Waals surface area contributed by atoms with Crippen molar-refractivity contribution in [1.82, 2.24) is 15.1 Å². The van der Waals surface area contributed by atoms with Crippen LogP contribution in [-0.2, 0) is 4.79 Å². The molecule has 150 valence electrons. The van der Waals surface area contributed by atoms with Gasteiger partial charge in [-0.25, -0.2) is 9.18 Å². The van der Waals surface area contributed by atoms with Crippen molar-refractivity contribution in [2.45, 2.75) is 51.2 Å². The van der Waals surface area contributed by atoms with E-state index in [9.17, 15) is 14.0 Å². The van der Waals surface area contributed by atoms with Crippen molar-refractivity contribution < 1.29 is 19.1 Å². The van der Waals surface area contributed by atoms with Gasteiger partial charge in [-0.2, -0.15) is 0 Å². The topological polar surface area (TPSA) is 72.9 Å². The van der Waals surface area contributed by atoms with Crippen molar-refractivity contribution in [1.29, 1.82) is 0 Å². The van der Waals surface area contributed by atoms with Gasteiger partial charge in [0.2, 0.25) is 0 Å². The smallest absolute Gasteiger partial charge is 0.317 e. The third-order valence-electron chi connectivity index (χ3n) is 4.86. The molecule has 2 unspecified atom stereocenters. The molecule has 2 N–H and O–H groups in total. The normalized spacial score (nSPS) is 20.5. The summed E-state index contributed by atoms with van der Waals surface area (Å²) in [5, 5.41) is 11.8. The van der Waals surface area contributed by atoms with Crippen LogP contribution in [0.25, 0.3) is 0 Å². The summed E-state index contributed by atoms with van der Waals surface area (Å²) >= 11 is 5.82. The molecule has 0 bridgehead atoms. The number of halogens is 2. The van der Waals surface area contributed by atoms with Crippen LogP contribution in [0.15, 0.2) is 18.2 Å². The molecule has 1 fully saturated rings. The number of carboxylic acids is 1. The first-order chi connectivity index (χ1) is 12.5. The zero-order valence-electron chi connectivity index (χ0n) is 16.1. The molecule has 1 saturated heterocycles. The van der Waals surface area contributed by atoms with E-state index in [1.54, 1.807) is 13.1 Å². The first kappa shape index (κ1) is 21.4. The number of carbonyl (C=O) groups excluding carboxylic acids is 1. The minimum Gasteiger partial charge on any atom is -0.481 e. The molecule has 0 aliphatic carbocycles. The van der Waals surface area contributed by atoms with Crippen molar-refractivity contribution in [2.24, 2.45) is 0 Å². The molecule has 8 heteroatoms. The van der Waals surface area contributed by atoms with Gasteiger partial charge in [0.25, 0.3) is 0 Å². The number of rotatable bonds is 5. The molecule has 0 radical (unpaired) electrons. The van der Waals surface area contributed by atoms with Crippen molar-refractivity contribution in [3.63, 3.8) is 0 Å². The molecule has 0 saturated carbocycles. The Kier molecular flexibility index (Phi) is 6.70. The number of carboxylic acid groups (broad SMARTS) is 1.